The van der Waals surface area contributed by atoms with Gasteiger partial charge in [-0.15, -0.1) is 0 Å². The van der Waals surface area contributed by atoms with Crippen molar-refractivity contribution in [2.45, 2.75) is 90.4 Å². The molecule has 228 valence electrons. The number of nitrogens with one attached hydrogen (secondary N) is 3. The van der Waals surface area contributed by atoms with Crippen LogP contribution in [0.1, 0.15) is 66.2 Å². The van der Waals surface area contributed by atoms with Crippen LogP contribution < -0.4 is 20.9 Å². The van der Waals surface area contributed by atoms with Crippen LogP contribution in [0.25, 0.3) is 0 Å². The molecule has 2 aliphatic heterocycles. The van der Waals surface area contributed by atoms with Crippen molar-refractivity contribution in [1.82, 2.24) is 20.9 Å². The highest BCUT2D eigenvalue weighted by Gasteiger charge is 2.56. The molecule has 3 aliphatic rings. The van der Waals surface area contributed by atoms with Crippen molar-refractivity contribution in [3.63, 3.8) is 0 Å². The van der Waals surface area contributed by atoms with Crippen LogP contribution in [0.5, 0.6) is 0 Å². The van der Waals surface area contributed by atoms with Crippen LogP contribution in [-0.4, -0.2) is 82.8 Å². The van der Waals surface area contributed by atoms with E-state index in [0.717, 1.165) is 12.8 Å². The van der Waals surface area contributed by atoms with Gasteiger partial charge >= 0.3 is 6.09 Å². The highest BCUT2D eigenvalue weighted by Crippen LogP contribution is 2.45. The summed E-state index contributed by atoms with van der Waals surface area (Å²) in [6.07, 6.45) is 1.25. The minimum atomic E-state index is -1.38. The number of para-hydroxylation sites is 1. The summed E-state index contributed by atoms with van der Waals surface area (Å²) in [5.41, 5.74) is -0.875. The lowest BCUT2D eigenvalue weighted by Gasteiger charge is -2.35. The van der Waals surface area contributed by atoms with Gasteiger partial charge in [0, 0.05) is 36.7 Å². The van der Waals surface area contributed by atoms with Crippen LogP contribution in [0.2, 0.25) is 0 Å². The van der Waals surface area contributed by atoms with Gasteiger partial charge in [0.05, 0.1) is 6.04 Å². The Labute approximate surface area is 245 Å². The molecule has 4 atom stereocenters. The third-order valence-electron chi connectivity index (χ3n) is 8.21. The lowest BCUT2D eigenvalue weighted by molar-refractivity contribution is -0.144. The number of carbonyl (C=O) groups excluding carboxylic acids is 5. The lowest BCUT2D eigenvalue weighted by Crippen LogP contribution is -2.59. The number of carboxylic acid groups (broad SMARTS) is 1. The van der Waals surface area contributed by atoms with Gasteiger partial charge in [-0.25, -0.2) is 4.79 Å². The first-order chi connectivity index (χ1) is 19.7. The fraction of sp³-hybridized carbons (Fsp3) is 0.600. The molecule has 4 N–H and O–H groups in total. The van der Waals surface area contributed by atoms with Crippen LogP contribution in [0.3, 0.4) is 0 Å². The molecule has 12 nitrogen and oxygen atoms in total. The summed E-state index contributed by atoms with van der Waals surface area (Å²) in [7, 11) is 0. The molecule has 3 fully saturated rings. The summed E-state index contributed by atoms with van der Waals surface area (Å²) in [5.74, 6) is -2.82. The molecule has 0 radical (unpaired) electrons. The van der Waals surface area contributed by atoms with Crippen molar-refractivity contribution < 1.29 is 33.9 Å². The molecule has 2 heterocycles. The van der Waals surface area contributed by atoms with E-state index in [1.165, 1.54) is 4.90 Å². The normalized spacial score (nSPS) is 23.4. The second-order valence-electron chi connectivity index (χ2n) is 12.9. The van der Waals surface area contributed by atoms with Gasteiger partial charge in [-0.2, -0.15) is 0 Å². The summed E-state index contributed by atoms with van der Waals surface area (Å²) in [4.78, 5) is 81.2. The van der Waals surface area contributed by atoms with Gasteiger partial charge < -0.3 is 30.9 Å². The van der Waals surface area contributed by atoms with E-state index >= 15 is 0 Å². The number of anilines is 1. The molecule has 1 aromatic rings. The first-order valence-electron chi connectivity index (χ1n) is 14.5. The number of nitrogens with zero attached hydrogens (tertiary/aromatic N) is 2. The van der Waals surface area contributed by atoms with E-state index in [-0.39, 0.29) is 44.3 Å². The van der Waals surface area contributed by atoms with E-state index in [1.54, 1.807) is 25.7 Å². The van der Waals surface area contributed by atoms with E-state index in [9.17, 15) is 33.9 Å². The first kappa shape index (κ1) is 31.0. The smallest absolute Gasteiger partial charge is 0.405 e. The summed E-state index contributed by atoms with van der Waals surface area (Å²) in [5, 5.41) is 17.2. The first-order valence-corrected chi connectivity index (χ1v) is 14.5. The number of benzene rings is 1. The molecule has 12 heteroatoms. The fourth-order valence-electron chi connectivity index (χ4n) is 5.91. The molecular weight excluding hydrogens is 542 g/mol. The van der Waals surface area contributed by atoms with Crippen molar-refractivity contribution in [2.24, 2.45) is 10.8 Å². The second-order valence-corrected chi connectivity index (χ2v) is 12.9. The van der Waals surface area contributed by atoms with Gasteiger partial charge in [-0.3, -0.25) is 24.0 Å². The van der Waals surface area contributed by atoms with Gasteiger partial charge in [0.15, 0.2) is 0 Å². The molecule has 1 saturated carbocycles. The number of rotatable bonds is 10. The zero-order chi connectivity index (χ0) is 30.8. The largest absolute Gasteiger partial charge is 0.465 e. The molecule has 5 amide bonds. The Morgan fingerprint density at radius 1 is 1.05 bits per heavy atom. The zero-order valence-electron chi connectivity index (χ0n) is 24.6. The van der Waals surface area contributed by atoms with Crippen molar-refractivity contribution in [1.29, 1.82) is 0 Å². The molecule has 0 bridgehead atoms. The number of carbonyl (C=O) groups is 6. The lowest BCUT2D eigenvalue weighted by atomic mass is 9.84. The third kappa shape index (κ3) is 6.91. The maximum absolute atomic E-state index is 14.0. The molecule has 1 aromatic carbocycles. The number of Topliss-reactive ketones (excluding diaryl/α,β-unsaturated/α-hetero) is 1. The van der Waals surface area contributed by atoms with Crippen molar-refractivity contribution in [3.05, 3.63) is 30.3 Å². The van der Waals surface area contributed by atoms with E-state index < -0.39 is 58.6 Å². The molecular formula is C30H41N5O7. The number of hydrogen-bond donors (Lipinski definition) is 4. The number of likely N-dealkylation sites (tertiary alicyclic amines) is 1. The Bertz CT molecular complexity index is 1240. The van der Waals surface area contributed by atoms with Crippen LogP contribution >= 0.6 is 0 Å². The Morgan fingerprint density at radius 2 is 1.71 bits per heavy atom. The molecule has 1 aliphatic carbocycles. The molecule has 0 aromatic heterocycles. The van der Waals surface area contributed by atoms with Gasteiger partial charge in [-0.05, 0) is 43.2 Å². The number of ketones is 1. The fourth-order valence-corrected chi connectivity index (χ4v) is 5.91. The molecule has 2 saturated heterocycles. The van der Waals surface area contributed by atoms with Crippen molar-refractivity contribution >= 4 is 41.2 Å². The minimum absolute atomic E-state index is 0.0224. The van der Waals surface area contributed by atoms with Gasteiger partial charge in [0.2, 0.25) is 23.5 Å². The monoisotopic (exact) mass is 583 g/mol. The second kappa shape index (κ2) is 12.1. The minimum Gasteiger partial charge on any atom is -0.465 e. The van der Waals surface area contributed by atoms with Crippen LogP contribution in [0, 0.1) is 10.8 Å². The van der Waals surface area contributed by atoms with Gasteiger partial charge in [0.1, 0.15) is 12.1 Å². The maximum atomic E-state index is 14.0. The standard InChI is InChI=1S/C30H41N5O7/c1-5-9-20(23(37)26(39)31-18-12-13-18)32-25(38)21-14-30(15-22(36)34(16-30)19-10-7-6-8-11-19)17-35(21)27(40)24(29(2,3)4)33-28(41)42/h6-8,10-11,18,20-21,24,33H,5,9,12-17H2,1-4H3,(H,31,39)(H,32,38)(H,41,42)/t20-,21-,24+,30+/m0/s1. The topological polar surface area (TPSA) is 165 Å². The van der Waals surface area contributed by atoms with Crippen molar-refractivity contribution in [2.75, 3.05) is 18.0 Å². The average Bonchev–Trinajstić information content (AvgIpc) is 3.57. The number of amides is 5. The quantitative estimate of drug-likeness (QED) is 0.305. The Morgan fingerprint density at radius 3 is 2.29 bits per heavy atom. The van der Waals surface area contributed by atoms with Crippen LogP contribution in [-0.2, 0) is 24.0 Å². The molecule has 4 rings (SSSR count). The Kier molecular flexibility index (Phi) is 8.93. The van der Waals surface area contributed by atoms with E-state index in [4.69, 9.17) is 0 Å². The summed E-state index contributed by atoms with van der Waals surface area (Å²) < 4.78 is 0. The van der Waals surface area contributed by atoms with E-state index in [2.05, 4.69) is 16.0 Å². The van der Waals surface area contributed by atoms with Crippen LogP contribution in [0.15, 0.2) is 30.3 Å². The predicted molar refractivity (Wildman–Crippen MR) is 153 cm³/mol. The molecule has 0 unspecified atom stereocenters. The number of hydrogen-bond acceptors (Lipinski definition) is 6. The van der Waals surface area contributed by atoms with Crippen LogP contribution in [0.4, 0.5) is 10.5 Å². The van der Waals surface area contributed by atoms with Gasteiger partial charge in [0.25, 0.3) is 5.91 Å². The van der Waals surface area contributed by atoms with Crippen molar-refractivity contribution in [3.8, 4) is 0 Å². The summed E-state index contributed by atoms with van der Waals surface area (Å²) in [6, 6.07) is 5.80. The van der Waals surface area contributed by atoms with Gasteiger partial charge in [-0.1, -0.05) is 52.3 Å². The summed E-state index contributed by atoms with van der Waals surface area (Å²) in [6.45, 7) is 7.32. The average molecular weight is 584 g/mol. The Hall–Kier alpha value is -3.96. The van der Waals surface area contributed by atoms with E-state index in [0.29, 0.717) is 12.1 Å². The highest BCUT2D eigenvalue weighted by molar-refractivity contribution is 6.38. The highest BCUT2D eigenvalue weighted by atomic mass is 16.4. The van der Waals surface area contributed by atoms with E-state index in [1.807, 2.05) is 37.3 Å². The predicted octanol–water partition coefficient (Wildman–Crippen LogP) is 1.83. The SMILES string of the molecule is CCC[C@H](NC(=O)[C@@H]1C[C@]2(CC(=O)N(c3ccccc3)C2)CN1C(=O)[C@@H](NC(=O)O)C(C)(C)C)C(=O)C(=O)NC1CC1. The molecule has 42 heavy (non-hydrogen) atoms. The third-order valence-corrected chi connectivity index (χ3v) is 8.21. The zero-order valence-corrected chi connectivity index (χ0v) is 24.6. The molecule has 1 spiro atoms. The summed E-state index contributed by atoms with van der Waals surface area (Å²) >= 11 is 0. The maximum Gasteiger partial charge on any atom is 0.405 e. The Balaban J connectivity index is 1.62.